The van der Waals surface area contributed by atoms with Crippen LogP contribution < -0.4 is 11.1 Å². The minimum absolute atomic E-state index is 0.0507. The van der Waals surface area contributed by atoms with E-state index in [1.807, 2.05) is 12.1 Å². The summed E-state index contributed by atoms with van der Waals surface area (Å²) in [6.07, 6.45) is 0. The van der Waals surface area contributed by atoms with Gasteiger partial charge in [-0.2, -0.15) is 5.26 Å². The highest BCUT2D eigenvalue weighted by atomic mass is 16.3. The van der Waals surface area contributed by atoms with Crippen molar-refractivity contribution in [3.05, 3.63) is 29.8 Å². The lowest BCUT2D eigenvalue weighted by Gasteiger charge is -2.10. The molecule has 0 fully saturated rings. The van der Waals surface area contributed by atoms with Gasteiger partial charge in [0.2, 0.25) is 0 Å². The predicted molar refractivity (Wildman–Crippen MR) is 54.7 cm³/mol. The Kier molecular flexibility index (Phi) is 3.92. The molecule has 1 aromatic rings. The summed E-state index contributed by atoms with van der Waals surface area (Å²) in [7, 11) is 0. The quantitative estimate of drug-likeness (QED) is 0.638. The molecule has 1 rings (SSSR count). The van der Waals surface area contributed by atoms with Crippen molar-refractivity contribution in [2.24, 2.45) is 5.73 Å². The van der Waals surface area contributed by atoms with Crippen LogP contribution in [-0.2, 0) is 0 Å². The first-order valence-electron chi connectivity index (χ1n) is 4.36. The van der Waals surface area contributed by atoms with Crippen molar-refractivity contribution in [1.82, 2.24) is 0 Å². The van der Waals surface area contributed by atoms with Crippen LogP contribution in [0.1, 0.15) is 5.56 Å². The minimum Gasteiger partial charge on any atom is -0.395 e. The van der Waals surface area contributed by atoms with E-state index < -0.39 is 0 Å². The highest BCUT2D eigenvalue weighted by Gasteiger charge is 1.99. The van der Waals surface area contributed by atoms with Gasteiger partial charge in [0, 0.05) is 18.3 Å². The molecule has 4 N–H and O–H groups in total. The minimum atomic E-state index is -0.277. The number of hydrogen-bond acceptors (Lipinski definition) is 4. The van der Waals surface area contributed by atoms with Crippen LogP contribution in [0.3, 0.4) is 0 Å². The van der Waals surface area contributed by atoms with Crippen LogP contribution in [0.4, 0.5) is 5.69 Å². The van der Waals surface area contributed by atoms with E-state index in [-0.39, 0.29) is 12.6 Å². The van der Waals surface area contributed by atoms with Crippen molar-refractivity contribution in [1.29, 1.82) is 5.26 Å². The van der Waals surface area contributed by atoms with Crippen LogP contribution in [0.2, 0.25) is 0 Å². The molecule has 0 saturated heterocycles. The third-order valence-corrected chi connectivity index (χ3v) is 1.79. The number of anilines is 1. The van der Waals surface area contributed by atoms with E-state index in [1.54, 1.807) is 18.2 Å². The van der Waals surface area contributed by atoms with Gasteiger partial charge in [-0.15, -0.1) is 0 Å². The van der Waals surface area contributed by atoms with Crippen molar-refractivity contribution in [3.63, 3.8) is 0 Å². The predicted octanol–water partition coefficient (Wildman–Crippen LogP) is 0.290. The van der Waals surface area contributed by atoms with Crippen LogP contribution in [-0.4, -0.2) is 24.3 Å². The van der Waals surface area contributed by atoms with E-state index >= 15 is 0 Å². The molecule has 0 aliphatic carbocycles. The van der Waals surface area contributed by atoms with Crippen molar-refractivity contribution in [2.75, 3.05) is 18.5 Å². The smallest absolute Gasteiger partial charge is 0.0992 e. The Morgan fingerprint density at radius 2 is 2.36 bits per heavy atom. The van der Waals surface area contributed by atoms with Crippen molar-refractivity contribution >= 4 is 5.69 Å². The van der Waals surface area contributed by atoms with E-state index in [0.29, 0.717) is 12.1 Å². The van der Waals surface area contributed by atoms with Crippen LogP contribution in [0.15, 0.2) is 24.3 Å². The first kappa shape index (κ1) is 10.5. The molecule has 4 heteroatoms. The highest BCUT2D eigenvalue weighted by molar-refractivity contribution is 5.49. The zero-order chi connectivity index (χ0) is 10.4. The Labute approximate surface area is 83.0 Å². The molecule has 0 bridgehead atoms. The number of aliphatic hydroxyl groups is 1. The Morgan fingerprint density at radius 1 is 1.57 bits per heavy atom. The van der Waals surface area contributed by atoms with Gasteiger partial charge < -0.3 is 16.2 Å². The van der Waals surface area contributed by atoms with Gasteiger partial charge in [0.25, 0.3) is 0 Å². The van der Waals surface area contributed by atoms with Gasteiger partial charge >= 0.3 is 0 Å². The molecule has 0 spiro atoms. The lowest BCUT2D eigenvalue weighted by atomic mass is 10.2. The summed E-state index contributed by atoms with van der Waals surface area (Å²) in [5.41, 5.74) is 6.96. The number of rotatable bonds is 4. The zero-order valence-electron chi connectivity index (χ0n) is 7.77. The number of nitrogens with one attached hydrogen (secondary N) is 1. The fourth-order valence-electron chi connectivity index (χ4n) is 1.01. The molecular weight excluding hydrogens is 178 g/mol. The summed E-state index contributed by atoms with van der Waals surface area (Å²) in [5, 5.41) is 20.4. The second kappa shape index (κ2) is 5.22. The van der Waals surface area contributed by atoms with E-state index in [1.165, 1.54) is 0 Å². The van der Waals surface area contributed by atoms with Gasteiger partial charge in [0.15, 0.2) is 0 Å². The van der Waals surface area contributed by atoms with Gasteiger partial charge in [-0.1, -0.05) is 6.07 Å². The maximum Gasteiger partial charge on any atom is 0.0992 e. The van der Waals surface area contributed by atoms with Crippen molar-refractivity contribution < 1.29 is 5.11 Å². The summed E-state index contributed by atoms with van der Waals surface area (Å²) in [6, 6.07) is 8.89. The molecule has 1 atom stereocenters. The lowest BCUT2D eigenvalue weighted by molar-refractivity contribution is 0.270. The third-order valence-electron chi connectivity index (χ3n) is 1.79. The van der Waals surface area contributed by atoms with E-state index in [9.17, 15) is 0 Å². The number of nitrogens with two attached hydrogens (primary N) is 1. The van der Waals surface area contributed by atoms with Crippen LogP contribution >= 0.6 is 0 Å². The van der Waals surface area contributed by atoms with Crippen LogP contribution in [0, 0.1) is 11.3 Å². The summed E-state index contributed by atoms with van der Waals surface area (Å²) in [5.74, 6) is 0. The van der Waals surface area contributed by atoms with Gasteiger partial charge in [-0.05, 0) is 18.2 Å². The average molecular weight is 191 g/mol. The molecule has 0 saturated carbocycles. The first-order valence-corrected chi connectivity index (χ1v) is 4.36. The molecule has 74 valence electrons. The van der Waals surface area contributed by atoms with Crippen molar-refractivity contribution in [3.8, 4) is 6.07 Å². The molecule has 0 aromatic heterocycles. The number of hydrogen-bond donors (Lipinski definition) is 3. The number of nitriles is 1. The first-order chi connectivity index (χ1) is 6.76. The molecule has 1 unspecified atom stereocenters. The Balaban J connectivity index is 2.55. The number of aliphatic hydroxyl groups excluding tert-OH is 1. The summed E-state index contributed by atoms with van der Waals surface area (Å²) >= 11 is 0. The fourth-order valence-corrected chi connectivity index (χ4v) is 1.01. The molecule has 1 aromatic carbocycles. The van der Waals surface area contributed by atoms with E-state index in [4.69, 9.17) is 16.1 Å². The molecule has 0 aliphatic rings. The molecule has 0 radical (unpaired) electrons. The Bertz CT molecular complexity index is 332. The lowest BCUT2D eigenvalue weighted by Crippen LogP contribution is -2.32. The Morgan fingerprint density at radius 3 is 3.00 bits per heavy atom. The summed E-state index contributed by atoms with van der Waals surface area (Å²) in [4.78, 5) is 0. The van der Waals surface area contributed by atoms with Crippen molar-refractivity contribution in [2.45, 2.75) is 6.04 Å². The Hall–Kier alpha value is -1.57. The van der Waals surface area contributed by atoms with Gasteiger partial charge in [0.1, 0.15) is 0 Å². The van der Waals surface area contributed by atoms with Gasteiger partial charge in [-0.3, -0.25) is 0 Å². The molecule has 0 heterocycles. The molecule has 4 nitrogen and oxygen atoms in total. The summed E-state index contributed by atoms with van der Waals surface area (Å²) in [6.45, 7) is 0.441. The van der Waals surface area contributed by atoms with E-state index in [2.05, 4.69) is 5.32 Å². The summed E-state index contributed by atoms with van der Waals surface area (Å²) < 4.78 is 0. The standard InChI is InChI=1S/C10H13N3O/c11-5-8-2-1-3-10(4-8)13-6-9(12)7-14/h1-4,9,13-14H,6-7,12H2. The normalized spacial score (nSPS) is 11.8. The van der Waals surface area contributed by atoms with E-state index in [0.717, 1.165) is 5.69 Å². The molecule has 14 heavy (non-hydrogen) atoms. The second-order valence-electron chi connectivity index (χ2n) is 3.02. The maximum absolute atomic E-state index is 8.70. The van der Waals surface area contributed by atoms with Gasteiger partial charge in [0.05, 0.1) is 18.2 Å². The average Bonchev–Trinajstić information content (AvgIpc) is 2.26. The molecule has 0 amide bonds. The number of benzene rings is 1. The fraction of sp³-hybridized carbons (Fsp3) is 0.300. The largest absolute Gasteiger partial charge is 0.395 e. The third kappa shape index (κ3) is 3.05. The second-order valence-corrected chi connectivity index (χ2v) is 3.02. The SMILES string of the molecule is N#Cc1cccc(NCC(N)CO)c1. The monoisotopic (exact) mass is 191 g/mol. The molecular formula is C10H13N3O. The highest BCUT2D eigenvalue weighted by Crippen LogP contribution is 2.09. The van der Waals surface area contributed by atoms with Crippen LogP contribution in [0.5, 0.6) is 0 Å². The van der Waals surface area contributed by atoms with Gasteiger partial charge in [-0.25, -0.2) is 0 Å². The maximum atomic E-state index is 8.70. The number of nitrogens with zero attached hydrogens (tertiary/aromatic N) is 1. The molecule has 0 aliphatic heterocycles. The zero-order valence-corrected chi connectivity index (χ0v) is 7.77. The van der Waals surface area contributed by atoms with Crippen LogP contribution in [0.25, 0.3) is 0 Å². The topological polar surface area (TPSA) is 82.1 Å².